The number of carbonyl (C=O) groups is 1. The van der Waals surface area contributed by atoms with E-state index in [0.29, 0.717) is 44.2 Å². The predicted molar refractivity (Wildman–Crippen MR) is 112 cm³/mol. The van der Waals surface area contributed by atoms with Crippen molar-refractivity contribution in [3.63, 3.8) is 0 Å². The van der Waals surface area contributed by atoms with Gasteiger partial charge in [-0.2, -0.15) is 9.97 Å². The third-order valence-corrected chi connectivity index (χ3v) is 6.06. The Kier molecular flexibility index (Phi) is 6.25. The average molecular weight is 452 g/mol. The van der Waals surface area contributed by atoms with Crippen LogP contribution in [0.25, 0.3) is 10.2 Å². The van der Waals surface area contributed by atoms with Crippen molar-refractivity contribution in [2.75, 3.05) is 18.0 Å². The van der Waals surface area contributed by atoms with Gasteiger partial charge in [-0.1, -0.05) is 13.3 Å². The molecule has 4 heterocycles. The number of hydrogen-bond acceptors (Lipinski definition) is 8. The monoisotopic (exact) mass is 451 g/mol. The lowest BCUT2D eigenvalue weighted by Crippen LogP contribution is -2.35. The number of alkyl halides is 2. The number of thiophene rings is 1. The molecule has 3 aromatic rings. The molecule has 0 spiro atoms. The van der Waals surface area contributed by atoms with Crippen LogP contribution in [0.3, 0.4) is 0 Å². The minimum atomic E-state index is -2.66. The highest BCUT2D eigenvalue weighted by Crippen LogP contribution is 2.35. The van der Waals surface area contributed by atoms with Gasteiger partial charge in [0.15, 0.2) is 11.6 Å². The van der Waals surface area contributed by atoms with Crippen LogP contribution in [0, 0.1) is 0 Å². The maximum atomic E-state index is 13.2. The van der Waals surface area contributed by atoms with E-state index < -0.39 is 6.43 Å². The summed E-state index contributed by atoms with van der Waals surface area (Å²) in [7, 11) is 0. The van der Waals surface area contributed by atoms with E-state index in [2.05, 4.69) is 38.5 Å². The summed E-state index contributed by atoms with van der Waals surface area (Å²) in [5, 5.41) is 11.1. The highest BCUT2D eigenvalue weighted by Gasteiger charge is 2.28. The van der Waals surface area contributed by atoms with Crippen LogP contribution in [-0.2, 0) is 24.3 Å². The van der Waals surface area contributed by atoms with Crippen LogP contribution in [0.5, 0.6) is 6.01 Å². The van der Waals surface area contributed by atoms with Crippen LogP contribution in [0.15, 0.2) is 6.07 Å². The second-order valence-electron chi connectivity index (χ2n) is 7.31. The molecule has 1 atom stereocenters. The Bertz CT molecular complexity index is 1070. The van der Waals surface area contributed by atoms with E-state index in [9.17, 15) is 13.6 Å². The summed E-state index contributed by atoms with van der Waals surface area (Å²) in [5.74, 6) is 0.856. The molecule has 3 aromatic heterocycles. The standard InChI is InChI=1S/C19H23F2N7O2S/c1-3-4-12-7-13-16(23-19(24-18(13)31-12)30-11(2)8-22-10-29)27-5-6-28-14(9-27)25-26-17(28)15(20)21/h7,10-11,15H,3-6,8-9H2,1-2H3,(H,22,29). The molecule has 0 fully saturated rings. The lowest BCUT2D eigenvalue weighted by Gasteiger charge is -2.29. The fourth-order valence-electron chi connectivity index (χ4n) is 3.56. The predicted octanol–water partition coefficient (Wildman–Crippen LogP) is 2.71. The van der Waals surface area contributed by atoms with Gasteiger partial charge in [0.1, 0.15) is 16.8 Å². The number of nitrogens with zero attached hydrogens (tertiary/aromatic N) is 6. The highest BCUT2D eigenvalue weighted by atomic mass is 32.1. The first-order valence-corrected chi connectivity index (χ1v) is 10.9. The number of ether oxygens (including phenoxy) is 1. The maximum absolute atomic E-state index is 13.2. The molecule has 0 saturated heterocycles. The molecule has 31 heavy (non-hydrogen) atoms. The summed E-state index contributed by atoms with van der Waals surface area (Å²) in [6.45, 7) is 5.40. The van der Waals surface area contributed by atoms with E-state index >= 15 is 0 Å². The molecule has 0 bridgehead atoms. The number of halogens is 2. The normalized spacial score (nSPS) is 14.7. The lowest BCUT2D eigenvalue weighted by atomic mass is 10.2. The molecule has 12 heteroatoms. The molecule has 4 rings (SSSR count). The van der Waals surface area contributed by atoms with Crippen LogP contribution in [0.2, 0.25) is 0 Å². The maximum Gasteiger partial charge on any atom is 0.320 e. The van der Waals surface area contributed by atoms with Crippen LogP contribution in [0.4, 0.5) is 14.6 Å². The molecule has 0 radical (unpaired) electrons. The van der Waals surface area contributed by atoms with Crippen molar-refractivity contribution >= 4 is 33.8 Å². The number of rotatable bonds is 9. The Hall–Kier alpha value is -2.89. The van der Waals surface area contributed by atoms with E-state index in [4.69, 9.17) is 4.74 Å². The number of amides is 1. The fourth-order valence-corrected chi connectivity index (χ4v) is 4.67. The highest BCUT2D eigenvalue weighted by molar-refractivity contribution is 7.18. The number of carbonyl (C=O) groups excluding carboxylic acids is 1. The van der Waals surface area contributed by atoms with Crippen molar-refractivity contribution in [1.29, 1.82) is 0 Å². The Balaban J connectivity index is 1.68. The average Bonchev–Trinajstić information content (AvgIpc) is 3.35. The van der Waals surface area contributed by atoms with Gasteiger partial charge in [0, 0.05) is 18.0 Å². The van der Waals surface area contributed by atoms with Gasteiger partial charge >= 0.3 is 6.01 Å². The Labute approximate surface area is 181 Å². The van der Waals surface area contributed by atoms with Gasteiger partial charge in [0.2, 0.25) is 6.41 Å². The quantitative estimate of drug-likeness (QED) is 0.500. The summed E-state index contributed by atoms with van der Waals surface area (Å²) >= 11 is 1.59. The zero-order valence-electron chi connectivity index (χ0n) is 17.2. The minimum Gasteiger partial charge on any atom is -0.458 e. The number of aromatic nitrogens is 5. The van der Waals surface area contributed by atoms with Crippen molar-refractivity contribution in [3.05, 3.63) is 22.6 Å². The Morgan fingerprint density at radius 3 is 2.90 bits per heavy atom. The van der Waals surface area contributed by atoms with Crippen LogP contribution >= 0.6 is 11.3 Å². The molecule has 9 nitrogen and oxygen atoms in total. The second kappa shape index (κ2) is 9.08. The SMILES string of the molecule is CCCc1cc2c(N3CCn4c(nnc4C(F)F)C3)nc(OC(C)CNC=O)nc2s1. The molecule has 1 aliphatic heterocycles. The van der Waals surface area contributed by atoms with E-state index in [-0.39, 0.29) is 17.9 Å². The third kappa shape index (κ3) is 4.43. The molecular formula is C19H23F2N7O2S. The zero-order valence-corrected chi connectivity index (χ0v) is 18.0. The molecule has 1 unspecified atom stereocenters. The third-order valence-electron chi connectivity index (χ3n) is 4.97. The zero-order chi connectivity index (χ0) is 22.0. The summed E-state index contributed by atoms with van der Waals surface area (Å²) in [4.78, 5) is 23.7. The van der Waals surface area contributed by atoms with E-state index in [0.717, 1.165) is 23.1 Å². The number of anilines is 1. The van der Waals surface area contributed by atoms with Crippen molar-refractivity contribution in [2.45, 2.75) is 52.3 Å². The van der Waals surface area contributed by atoms with Crippen LogP contribution < -0.4 is 15.0 Å². The fraction of sp³-hybridized carbons (Fsp3) is 0.526. The summed E-state index contributed by atoms with van der Waals surface area (Å²) < 4.78 is 33.6. The van der Waals surface area contributed by atoms with E-state index in [1.54, 1.807) is 11.3 Å². The number of aryl methyl sites for hydroxylation is 1. The van der Waals surface area contributed by atoms with Crippen LogP contribution in [0.1, 0.15) is 43.2 Å². The Morgan fingerprint density at radius 2 is 2.16 bits per heavy atom. The number of nitrogens with one attached hydrogen (secondary N) is 1. The lowest BCUT2D eigenvalue weighted by molar-refractivity contribution is -0.109. The summed E-state index contributed by atoms with van der Waals surface area (Å²) in [6.07, 6.45) is -0.417. The van der Waals surface area contributed by atoms with Gasteiger partial charge in [-0.3, -0.25) is 4.79 Å². The van der Waals surface area contributed by atoms with E-state index in [1.165, 1.54) is 9.44 Å². The van der Waals surface area contributed by atoms with Gasteiger partial charge in [0.05, 0.1) is 18.5 Å². The topological polar surface area (TPSA) is 98.1 Å². The number of hydrogen-bond donors (Lipinski definition) is 1. The molecule has 0 aromatic carbocycles. The van der Waals surface area contributed by atoms with Gasteiger partial charge in [0.25, 0.3) is 6.43 Å². The van der Waals surface area contributed by atoms with Crippen molar-refractivity contribution in [1.82, 2.24) is 30.0 Å². The van der Waals surface area contributed by atoms with Gasteiger partial charge in [-0.15, -0.1) is 21.5 Å². The largest absolute Gasteiger partial charge is 0.458 e. The smallest absolute Gasteiger partial charge is 0.320 e. The molecule has 0 aliphatic carbocycles. The molecule has 1 aliphatic rings. The van der Waals surface area contributed by atoms with Crippen LogP contribution in [-0.4, -0.2) is 50.3 Å². The first-order chi connectivity index (χ1) is 15.0. The molecular weight excluding hydrogens is 428 g/mol. The number of fused-ring (bicyclic) bond motifs is 2. The summed E-state index contributed by atoms with van der Waals surface area (Å²) in [6, 6.07) is 2.30. The molecule has 0 saturated carbocycles. The van der Waals surface area contributed by atoms with Crippen molar-refractivity contribution < 1.29 is 18.3 Å². The van der Waals surface area contributed by atoms with Gasteiger partial charge < -0.3 is 19.5 Å². The second-order valence-corrected chi connectivity index (χ2v) is 8.43. The molecule has 1 N–H and O–H groups in total. The van der Waals surface area contributed by atoms with Crippen molar-refractivity contribution in [3.8, 4) is 6.01 Å². The molecule has 166 valence electrons. The first kappa shape index (κ1) is 21.3. The summed E-state index contributed by atoms with van der Waals surface area (Å²) in [5.41, 5.74) is 0. The first-order valence-electron chi connectivity index (χ1n) is 10.1. The van der Waals surface area contributed by atoms with E-state index in [1.807, 2.05) is 11.8 Å². The Morgan fingerprint density at radius 1 is 1.32 bits per heavy atom. The van der Waals surface area contributed by atoms with Gasteiger partial charge in [-0.05, 0) is 19.4 Å². The molecule has 1 amide bonds. The minimum absolute atomic E-state index is 0.216. The van der Waals surface area contributed by atoms with Crippen molar-refractivity contribution in [2.24, 2.45) is 0 Å². The van der Waals surface area contributed by atoms with Gasteiger partial charge in [-0.25, -0.2) is 8.78 Å².